The molecule has 1 N–H and O–H groups in total. The summed E-state index contributed by atoms with van der Waals surface area (Å²) < 4.78 is 13.0. The highest BCUT2D eigenvalue weighted by Gasteiger charge is 2.21. The summed E-state index contributed by atoms with van der Waals surface area (Å²) in [4.78, 5) is 9.67. The van der Waals surface area contributed by atoms with Gasteiger partial charge >= 0.3 is 0 Å². The molecule has 0 unspecified atom stereocenters. The second-order valence-corrected chi connectivity index (χ2v) is 7.48. The zero-order chi connectivity index (χ0) is 20.8. The van der Waals surface area contributed by atoms with E-state index in [0.29, 0.717) is 13.3 Å². The average molecular weight is 414 g/mol. The van der Waals surface area contributed by atoms with Crippen molar-refractivity contribution in [1.29, 1.82) is 0 Å². The van der Waals surface area contributed by atoms with Crippen molar-refractivity contribution < 1.29 is 9.47 Å². The number of ether oxygens (including phenoxy) is 2. The molecule has 0 amide bonds. The van der Waals surface area contributed by atoms with E-state index in [1.165, 1.54) is 5.56 Å². The van der Waals surface area contributed by atoms with Crippen molar-refractivity contribution in [2.24, 2.45) is 4.99 Å². The van der Waals surface area contributed by atoms with Crippen molar-refractivity contribution in [2.75, 3.05) is 46.1 Å². The molecule has 2 aromatic rings. The zero-order valence-corrected chi connectivity index (χ0v) is 17.9. The number of guanidine groups is 1. The molecule has 1 saturated heterocycles. The highest BCUT2D eigenvalue weighted by atomic mass is 16.7. The van der Waals surface area contributed by atoms with Gasteiger partial charge in [-0.2, -0.15) is 0 Å². The van der Waals surface area contributed by atoms with Crippen LogP contribution in [0.4, 0.5) is 0 Å². The summed E-state index contributed by atoms with van der Waals surface area (Å²) in [6.07, 6.45) is 2.67. The summed E-state index contributed by atoms with van der Waals surface area (Å²) in [6, 6.07) is 6.22. The molecule has 9 heteroatoms. The molecule has 0 atom stereocenters. The van der Waals surface area contributed by atoms with E-state index in [9.17, 15) is 0 Å². The maximum absolute atomic E-state index is 5.50. The number of piperazine rings is 1. The number of aromatic nitrogens is 3. The lowest BCUT2D eigenvalue weighted by Gasteiger charge is -2.36. The summed E-state index contributed by atoms with van der Waals surface area (Å²) in [5.41, 5.74) is 1.26. The fourth-order valence-corrected chi connectivity index (χ4v) is 3.84. The van der Waals surface area contributed by atoms with Gasteiger partial charge in [0.05, 0.1) is 6.54 Å². The minimum absolute atomic E-state index is 0.321. The van der Waals surface area contributed by atoms with Crippen LogP contribution in [0.25, 0.3) is 0 Å². The molecular weight excluding hydrogens is 382 g/mol. The van der Waals surface area contributed by atoms with Gasteiger partial charge < -0.3 is 24.3 Å². The monoisotopic (exact) mass is 413 g/mol. The number of hydrogen-bond donors (Lipinski definition) is 1. The van der Waals surface area contributed by atoms with E-state index < -0.39 is 0 Å². The minimum atomic E-state index is 0.321. The van der Waals surface area contributed by atoms with Crippen molar-refractivity contribution in [3.8, 4) is 11.5 Å². The summed E-state index contributed by atoms with van der Waals surface area (Å²) in [5.74, 6) is 3.69. The third kappa shape index (κ3) is 4.84. The number of hydrogen-bond acceptors (Lipinski definition) is 6. The third-order valence-electron chi connectivity index (χ3n) is 5.46. The highest BCUT2D eigenvalue weighted by molar-refractivity contribution is 5.80. The van der Waals surface area contributed by atoms with E-state index >= 15 is 0 Å². The first-order chi connectivity index (χ1) is 14.8. The Morgan fingerprint density at radius 1 is 1.13 bits per heavy atom. The molecule has 0 radical (unpaired) electrons. The Bertz CT molecular complexity index is 859. The molecule has 4 rings (SSSR count). The predicted molar refractivity (Wildman–Crippen MR) is 115 cm³/mol. The number of nitrogens with zero attached hydrogens (tertiary/aromatic N) is 6. The van der Waals surface area contributed by atoms with Gasteiger partial charge in [-0.1, -0.05) is 13.0 Å². The topological polar surface area (TPSA) is 80.0 Å². The van der Waals surface area contributed by atoms with E-state index in [2.05, 4.69) is 55.9 Å². The fourth-order valence-electron chi connectivity index (χ4n) is 3.84. The Morgan fingerprint density at radius 3 is 2.77 bits per heavy atom. The molecule has 9 nitrogen and oxygen atoms in total. The molecule has 3 heterocycles. The Labute approximate surface area is 177 Å². The van der Waals surface area contributed by atoms with E-state index in [1.807, 2.05) is 6.07 Å². The highest BCUT2D eigenvalue weighted by Crippen LogP contribution is 2.32. The molecule has 1 fully saturated rings. The van der Waals surface area contributed by atoms with Gasteiger partial charge in [0.15, 0.2) is 17.5 Å². The smallest absolute Gasteiger partial charge is 0.231 e. The Kier molecular flexibility index (Phi) is 6.68. The third-order valence-corrected chi connectivity index (χ3v) is 5.46. The van der Waals surface area contributed by atoms with Crippen LogP contribution in [-0.4, -0.2) is 76.6 Å². The summed E-state index contributed by atoms with van der Waals surface area (Å²) in [5, 5.41) is 11.6. The van der Waals surface area contributed by atoms with Crippen molar-refractivity contribution in [1.82, 2.24) is 29.9 Å². The molecule has 0 bridgehead atoms. The number of aliphatic imine (C=N–C) groups is 1. The van der Waals surface area contributed by atoms with Gasteiger partial charge in [0.1, 0.15) is 12.2 Å². The maximum atomic E-state index is 5.50. The Balaban J connectivity index is 1.29. The molecule has 0 saturated carbocycles. The van der Waals surface area contributed by atoms with Crippen LogP contribution in [0.3, 0.4) is 0 Å². The van der Waals surface area contributed by atoms with Crippen LogP contribution < -0.4 is 14.8 Å². The number of rotatable bonds is 7. The lowest BCUT2D eigenvalue weighted by molar-refractivity contribution is 0.171. The number of nitrogens with one attached hydrogen (secondary N) is 1. The van der Waals surface area contributed by atoms with E-state index in [1.54, 1.807) is 6.33 Å². The van der Waals surface area contributed by atoms with Gasteiger partial charge in [0.25, 0.3) is 0 Å². The Hall–Kier alpha value is -2.81. The zero-order valence-electron chi connectivity index (χ0n) is 17.9. The van der Waals surface area contributed by atoms with Crippen LogP contribution in [0.2, 0.25) is 0 Å². The fraction of sp³-hybridized carbons (Fsp3) is 0.571. The van der Waals surface area contributed by atoms with Crippen molar-refractivity contribution in [3.63, 3.8) is 0 Å². The van der Waals surface area contributed by atoms with Gasteiger partial charge in [0.2, 0.25) is 6.79 Å². The number of aryl methyl sites for hydroxylation is 1. The van der Waals surface area contributed by atoms with E-state index in [0.717, 1.165) is 75.5 Å². The molecule has 0 spiro atoms. The predicted octanol–water partition coefficient (Wildman–Crippen LogP) is 1.35. The van der Waals surface area contributed by atoms with Crippen LogP contribution in [0.15, 0.2) is 29.5 Å². The first kappa shape index (κ1) is 20.5. The summed E-state index contributed by atoms with van der Waals surface area (Å²) >= 11 is 0. The van der Waals surface area contributed by atoms with Crippen molar-refractivity contribution in [3.05, 3.63) is 35.9 Å². The first-order valence-corrected chi connectivity index (χ1v) is 10.8. The summed E-state index contributed by atoms with van der Waals surface area (Å²) in [6.45, 7) is 11.8. The Morgan fingerprint density at radius 2 is 1.97 bits per heavy atom. The minimum Gasteiger partial charge on any atom is -0.454 e. The van der Waals surface area contributed by atoms with Crippen LogP contribution in [0.1, 0.15) is 25.2 Å². The average Bonchev–Trinajstić information content (AvgIpc) is 3.42. The van der Waals surface area contributed by atoms with Gasteiger partial charge in [0, 0.05) is 52.2 Å². The van der Waals surface area contributed by atoms with Crippen molar-refractivity contribution >= 4 is 5.96 Å². The van der Waals surface area contributed by atoms with Gasteiger partial charge in [-0.05, 0) is 24.6 Å². The van der Waals surface area contributed by atoms with Crippen molar-refractivity contribution in [2.45, 2.75) is 33.4 Å². The lowest BCUT2D eigenvalue weighted by Crippen LogP contribution is -2.52. The molecule has 30 heavy (non-hydrogen) atoms. The quantitative estimate of drug-likeness (QED) is 0.542. The summed E-state index contributed by atoms with van der Waals surface area (Å²) in [7, 11) is 0. The van der Waals surface area contributed by atoms with Gasteiger partial charge in [-0.25, -0.2) is 0 Å². The van der Waals surface area contributed by atoms with Gasteiger partial charge in [-0.3, -0.25) is 9.89 Å². The molecular formula is C21H31N7O2. The molecule has 1 aromatic heterocycles. The first-order valence-electron chi connectivity index (χ1n) is 10.8. The molecule has 2 aliphatic heterocycles. The van der Waals surface area contributed by atoms with Crippen LogP contribution in [0, 0.1) is 0 Å². The SMILES string of the molecule is CCNC(=NCCn1cnnc1CC)N1CCN(Cc2ccc3c(c2)OCO3)CC1. The van der Waals surface area contributed by atoms with Gasteiger partial charge in [-0.15, -0.1) is 10.2 Å². The van der Waals surface area contributed by atoms with E-state index in [-0.39, 0.29) is 0 Å². The molecule has 0 aliphatic carbocycles. The second-order valence-electron chi connectivity index (χ2n) is 7.48. The largest absolute Gasteiger partial charge is 0.454 e. The molecule has 2 aliphatic rings. The number of fused-ring (bicyclic) bond motifs is 1. The second kappa shape index (κ2) is 9.80. The van der Waals surface area contributed by atoms with E-state index in [4.69, 9.17) is 14.5 Å². The maximum Gasteiger partial charge on any atom is 0.231 e. The molecule has 1 aromatic carbocycles. The number of benzene rings is 1. The standard InChI is InChI=1S/C21H31N7O2/c1-3-20-25-24-15-28(20)8-7-23-21(22-4-2)27-11-9-26(10-12-27)14-17-5-6-18-19(13-17)30-16-29-18/h5-6,13,15H,3-4,7-12,14,16H2,1-2H3,(H,22,23). The lowest BCUT2D eigenvalue weighted by atomic mass is 10.1. The molecule has 162 valence electrons. The van der Waals surface area contributed by atoms with Crippen LogP contribution in [-0.2, 0) is 19.5 Å². The van der Waals surface area contributed by atoms with Crippen LogP contribution >= 0.6 is 0 Å². The van der Waals surface area contributed by atoms with Crippen LogP contribution in [0.5, 0.6) is 11.5 Å². The normalized spacial score (nSPS) is 16.9.